The number of nitrogens with zero attached hydrogens (tertiary/aromatic N) is 1. The van der Waals surface area contributed by atoms with Gasteiger partial charge in [0.2, 0.25) is 0 Å². The van der Waals surface area contributed by atoms with Crippen LogP contribution < -0.4 is 10.2 Å². The first-order chi connectivity index (χ1) is 10.9. The first-order valence-electron chi connectivity index (χ1n) is 7.95. The molecule has 1 aliphatic heterocycles. The maximum atomic E-state index is 13.5. The summed E-state index contributed by atoms with van der Waals surface area (Å²) in [5, 5.41) is 3.10. The molecule has 0 aromatic heterocycles. The first-order valence-corrected chi connectivity index (χ1v) is 8.74. The van der Waals surface area contributed by atoms with E-state index in [2.05, 4.69) is 21.2 Å². The van der Waals surface area contributed by atoms with Gasteiger partial charge in [-0.15, -0.1) is 0 Å². The van der Waals surface area contributed by atoms with Crippen LogP contribution in [-0.4, -0.2) is 32.3 Å². The van der Waals surface area contributed by atoms with Crippen molar-refractivity contribution in [3.8, 4) is 0 Å². The van der Waals surface area contributed by atoms with Crippen LogP contribution in [0.4, 0.5) is 24.5 Å². The smallest absolute Gasteiger partial charge is 0.381 e. The van der Waals surface area contributed by atoms with Gasteiger partial charge in [-0.25, -0.2) is 0 Å². The summed E-state index contributed by atoms with van der Waals surface area (Å²) in [6.07, 6.45) is -0.388. The van der Waals surface area contributed by atoms with Gasteiger partial charge in [0.25, 0.3) is 0 Å². The minimum absolute atomic E-state index is 0.127. The number of rotatable bonds is 3. The Kier molecular flexibility index (Phi) is 5.06. The Hall–Kier alpha value is -0.950. The number of benzene rings is 1. The minimum atomic E-state index is -4.38. The summed E-state index contributed by atoms with van der Waals surface area (Å²) in [6.45, 7) is 2.31. The molecule has 1 saturated heterocycles. The lowest BCUT2D eigenvalue weighted by Crippen LogP contribution is -2.36. The Morgan fingerprint density at radius 3 is 2.39 bits per heavy atom. The van der Waals surface area contributed by atoms with Crippen LogP contribution in [0.15, 0.2) is 16.6 Å². The molecule has 1 N–H and O–H groups in total. The van der Waals surface area contributed by atoms with Crippen molar-refractivity contribution in [2.75, 3.05) is 36.5 Å². The Morgan fingerprint density at radius 2 is 1.78 bits per heavy atom. The van der Waals surface area contributed by atoms with E-state index in [4.69, 9.17) is 4.74 Å². The molecule has 7 heteroatoms. The van der Waals surface area contributed by atoms with Gasteiger partial charge in [0.05, 0.1) is 24.5 Å². The van der Waals surface area contributed by atoms with E-state index in [1.54, 1.807) is 6.07 Å². The molecule has 0 amide bonds. The molecule has 3 rings (SSSR count). The topological polar surface area (TPSA) is 24.5 Å². The van der Waals surface area contributed by atoms with E-state index in [-0.39, 0.29) is 11.7 Å². The number of nitrogens with one attached hydrogen (secondary N) is 1. The van der Waals surface area contributed by atoms with Crippen molar-refractivity contribution in [3.05, 3.63) is 22.2 Å². The van der Waals surface area contributed by atoms with Gasteiger partial charge in [-0.1, -0.05) is 12.8 Å². The molecule has 0 atom stereocenters. The molecule has 2 fully saturated rings. The monoisotopic (exact) mass is 392 g/mol. The van der Waals surface area contributed by atoms with Crippen molar-refractivity contribution in [2.24, 2.45) is 0 Å². The average Bonchev–Trinajstić information content (AvgIpc) is 3.02. The minimum Gasteiger partial charge on any atom is -0.381 e. The molecule has 1 aromatic rings. The molecule has 2 aliphatic rings. The van der Waals surface area contributed by atoms with Crippen LogP contribution in [-0.2, 0) is 10.9 Å². The van der Waals surface area contributed by atoms with E-state index in [0.29, 0.717) is 36.5 Å². The summed E-state index contributed by atoms with van der Waals surface area (Å²) in [7, 11) is 0. The van der Waals surface area contributed by atoms with Crippen LogP contribution in [0, 0.1) is 0 Å². The fraction of sp³-hybridized carbons (Fsp3) is 0.625. The molecule has 0 bridgehead atoms. The molecular weight excluding hydrogens is 373 g/mol. The predicted octanol–water partition coefficient (Wildman–Crippen LogP) is 4.66. The van der Waals surface area contributed by atoms with Crippen molar-refractivity contribution < 1.29 is 17.9 Å². The summed E-state index contributed by atoms with van der Waals surface area (Å²) in [4.78, 5) is 1.93. The summed E-state index contributed by atoms with van der Waals surface area (Å²) in [5.74, 6) is 0. The highest BCUT2D eigenvalue weighted by Crippen LogP contribution is 2.42. The lowest BCUT2D eigenvalue weighted by atomic mass is 10.1. The summed E-state index contributed by atoms with van der Waals surface area (Å²) in [5.41, 5.74) is 0.158. The number of hydrogen-bond acceptors (Lipinski definition) is 3. The molecule has 0 unspecified atom stereocenters. The second-order valence-corrected chi connectivity index (χ2v) is 6.93. The third-order valence-corrected chi connectivity index (χ3v) is 5.09. The normalized spacial score (nSPS) is 20.1. The van der Waals surface area contributed by atoms with E-state index in [1.807, 2.05) is 4.90 Å². The summed E-state index contributed by atoms with van der Waals surface area (Å²) < 4.78 is 46.4. The van der Waals surface area contributed by atoms with Crippen LogP contribution in [0.2, 0.25) is 0 Å². The number of halogens is 4. The maximum Gasteiger partial charge on any atom is 0.418 e. The standard InChI is InChI=1S/C16H20BrF3N2O/c17-14-10-12(22-5-7-23-8-6-22)9-13(16(18,19)20)15(14)21-11-3-1-2-4-11/h9-11,21H,1-8H2. The summed E-state index contributed by atoms with van der Waals surface area (Å²) >= 11 is 3.34. The number of anilines is 2. The van der Waals surface area contributed by atoms with Crippen LogP contribution in [0.3, 0.4) is 0 Å². The van der Waals surface area contributed by atoms with Gasteiger partial charge in [0, 0.05) is 29.3 Å². The zero-order valence-electron chi connectivity index (χ0n) is 12.8. The van der Waals surface area contributed by atoms with E-state index in [1.165, 1.54) is 6.07 Å². The third kappa shape index (κ3) is 3.94. The van der Waals surface area contributed by atoms with Gasteiger partial charge in [-0.3, -0.25) is 0 Å². The molecule has 1 heterocycles. The fourth-order valence-electron chi connectivity index (χ4n) is 3.24. The van der Waals surface area contributed by atoms with Gasteiger partial charge in [-0.2, -0.15) is 13.2 Å². The second kappa shape index (κ2) is 6.89. The van der Waals surface area contributed by atoms with Crippen molar-refractivity contribution in [2.45, 2.75) is 37.9 Å². The molecule has 23 heavy (non-hydrogen) atoms. The van der Waals surface area contributed by atoms with Gasteiger partial charge in [0.15, 0.2) is 0 Å². The molecule has 1 aliphatic carbocycles. The molecule has 1 saturated carbocycles. The average molecular weight is 393 g/mol. The van der Waals surface area contributed by atoms with Gasteiger partial charge >= 0.3 is 6.18 Å². The largest absolute Gasteiger partial charge is 0.418 e. The molecular formula is C16H20BrF3N2O. The number of ether oxygens (including phenoxy) is 1. The van der Waals surface area contributed by atoms with Crippen molar-refractivity contribution in [3.63, 3.8) is 0 Å². The molecule has 0 spiro atoms. The highest BCUT2D eigenvalue weighted by atomic mass is 79.9. The first kappa shape index (κ1) is 16.9. The molecule has 128 valence electrons. The number of alkyl halides is 3. The van der Waals surface area contributed by atoms with Crippen molar-refractivity contribution in [1.29, 1.82) is 0 Å². The Bertz CT molecular complexity index is 553. The molecule has 0 radical (unpaired) electrons. The highest BCUT2D eigenvalue weighted by molar-refractivity contribution is 9.10. The fourth-order valence-corrected chi connectivity index (χ4v) is 3.80. The summed E-state index contributed by atoms with van der Waals surface area (Å²) in [6, 6.07) is 3.16. The molecule has 3 nitrogen and oxygen atoms in total. The van der Waals surface area contributed by atoms with Gasteiger partial charge in [-0.05, 0) is 40.9 Å². The van der Waals surface area contributed by atoms with E-state index < -0.39 is 11.7 Å². The zero-order valence-corrected chi connectivity index (χ0v) is 14.3. The SMILES string of the molecule is FC(F)(F)c1cc(N2CCOCC2)cc(Br)c1NC1CCCC1. The number of morpholine rings is 1. The molecule has 1 aromatic carbocycles. The van der Waals surface area contributed by atoms with Crippen LogP contribution in [0.1, 0.15) is 31.2 Å². The Morgan fingerprint density at radius 1 is 1.13 bits per heavy atom. The van der Waals surface area contributed by atoms with Crippen molar-refractivity contribution >= 4 is 27.3 Å². The lowest BCUT2D eigenvalue weighted by Gasteiger charge is -2.30. The van der Waals surface area contributed by atoms with Crippen molar-refractivity contribution in [1.82, 2.24) is 0 Å². The van der Waals surface area contributed by atoms with Crippen LogP contribution in [0.25, 0.3) is 0 Å². The third-order valence-electron chi connectivity index (χ3n) is 4.46. The highest BCUT2D eigenvalue weighted by Gasteiger charge is 2.36. The maximum absolute atomic E-state index is 13.5. The van der Waals surface area contributed by atoms with Crippen LogP contribution >= 0.6 is 15.9 Å². The number of hydrogen-bond donors (Lipinski definition) is 1. The Labute approximate surface area is 142 Å². The Balaban J connectivity index is 1.94. The van der Waals surface area contributed by atoms with Gasteiger partial charge in [0.1, 0.15) is 0 Å². The van der Waals surface area contributed by atoms with Gasteiger partial charge < -0.3 is 15.0 Å². The van der Waals surface area contributed by atoms with E-state index in [0.717, 1.165) is 25.7 Å². The zero-order chi connectivity index (χ0) is 16.4. The second-order valence-electron chi connectivity index (χ2n) is 6.07. The van der Waals surface area contributed by atoms with E-state index in [9.17, 15) is 13.2 Å². The lowest BCUT2D eigenvalue weighted by molar-refractivity contribution is -0.137. The predicted molar refractivity (Wildman–Crippen MR) is 88.1 cm³/mol. The van der Waals surface area contributed by atoms with E-state index >= 15 is 0 Å². The van der Waals surface area contributed by atoms with Crippen LogP contribution in [0.5, 0.6) is 0 Å². The quantitative estimate of drug-likeness (QED) is 0.809.